The lowest BCUT2D eigenvalue weighted by Gasteiger charge is -2.11. The molecule has 2 heterocycles. The summed E-state index contributed by atoms with van der Waals surface area (Å²) in [6.07, 6.45) is 1.49. The van der Waals surface area contributed by atoms with E-state index in [-0.39, 0.29) is 11.0 Å². The van der Waals surface area contributed by atoms with E-state index in [0.717, 1.165) is 10.3 Å². The number of aromatic nitrogens is 4. The van der Waals surface area contributed by atoms with E-state index in [0.29, 0.717) is 9.66 Å². The molecule has 0 bridgehead atoms. The molecule has 0 aliphatic heterocycles. The van der Waals surface area contributed by atoms with Gasteiger partial charge in [0.05, 0.1) is 0 Å². The summed E-state index contributed by atoms with van der Waals surface area (Å²) in [5, 5.41) is 0.833. The highest BCUT2D eigenvalue weighted by molar-refractivity contribution is 7.71. The Hall–Kier alpha value is -2.25. The van der Waals surface area contributed by atoms with E-state index >= 15 is 0 Å². The number of aryl methyl sites for hydroxylation is 1. The van der Waals surface area contributed by atoms with Gasteiger partial charge < -0.3 is 0 Å². The van der Waals surface area contributed by atoms with Crippen LogP contribution in [-0.4, -0.2) is 18.7 Å². The zero-order chi connectivity index (χ0) is 16.0. The zero-order valence-corrected chi connectivity index (χ0v) is 13.4. The first-order valence-electron chi connectivity index (χ1n) is 6.35. The molecule has 1 aromatic carbocycles. The standard InChI is InChI=1S/C14H11ClN4O2S/c1-17-11-10(12(20)18(2)14(17)21)13(22)19(7-16-11)9-5-3-8(15)4-6-9/h3-7H,1-2H3. The number of halogens is 1. The maximum Gasteiger partial charge on any atom is 0.332 e. The van der Waals surface area contributed by atoms with Crippen molar-refractivity contribution in [1.29, 1.82) is 0 Å². The number of fused-ring (bicyclic) bond motifs is 1. The van der Waals surface area contributed by atoms with Crippen LogP contribution in [0.4, 0.5) is 0 Å². The molecule has 0 N–H and O–H groups in total. The lowest BCUT2D eigenvalue weighted by atomic mass is 10.3. The fourth-order valence-electron chi connectivity index (χ4n) is 2.24. The van der Waals surface area contributed by atoms with E-state index in [2.05, 4.69) is 4.98 Å². The SMILES string of the molecule is Cn1c(=O)c2c(=S)n(-c3ccc(Cl)cc3)cnc2n(C)c1=O. The number of benzene rings is 1. The molecule has 8 heteroatoms. The smallest absolute Gasteiger partial charge is 0.291 e. The molecule has 0 saturated heterocycles. The summed E-state index contributed by atoms with van der Waals surface area (Å²) >= 11 is 11.3. The second-order valence-corrected chi connectivity index (χ2v) is 5.62. The van der Waals surface area contributed by atoms with Crippen LogP contribution in [0.2, 0.25) is 5.02 Å². The predicted octanol–water partition coefficient (Wildman–Crippen LogP) is 1.81. The zero-order valence-electron chi connectivity index (χ0n) is 11.8. The minimum absolute atomic E-state index is 0.233. The van der Waals surface area contributed by atoms with Gasteiger partial charge in [-0.05, 0) is 24.3 Å². The van der Waals surface area contributed by atoms with Gasteiger partial charge in [-0.1, -0.05) is 23.8 Å². The van der Waals surface area contributed by atoms with Crippen LogP contribution >= 0.6 is 23.8 Å². The van der Waals surface area contributed by atoms with Crippen molar-refractivity contribution in [2.45, 2.75) is 0 Å². The molecule has 0 saturated carbocycles. The molecule has 0 fully saturated rings. The Kier molecular flexibility index (Phi) is 3.46. The van der Waals surface area contributed by atoms with Gasteiger partial charge in [-0.3, -0.25) is 18.5 Å². The monoisotopic (exact) mass is 334 g/mol. The van der Waals surface area contributed by atoms with Gasteiger partial charge in [-0.25, -0.2) is 9.78 Å². The van der Waals surface area contributed by atoms with Crippen molar-refractivity contribution in [1.82, 2.24) is 18.7 Å². The Morgan fingerprint density at radius 1 is 1.09 bits per heavy atom. The van der Waals surface area contributed by atoms with Crippen LogP contribution in [0.15, 0.2) is 40.2 Å². The summed E-state index contributed by atoms with van der Waals surface area (Å²) in [4.78, 5) is 28.5. The highest BCUT2D eigenvalue weighted by Crippen LogP contribution is 2.16. The van der Waals surface area contributed by atoms with Gasteiger partial charge in [0.1, 0.15) is 16.4 Å². The minimum Gasteiger partial charge on any atom is -0.291 e. The molecule has 0 unspecified atom stereocenters. The number of rotatable bonds is 1. The van der Waals surface area contributed by atoms with E-state index in [1.165, 1.54) is 17.9 Å². The molecule has 0 atom stereocenters. The maximum atomic E-state index is 12.4. The lowest BCUT2D eigenvalue weighted by Crippen LogP contribution is -2.37. The molecule has 2 aromatic heterocycles. The Morgan fingerprint density at radius 3 is 2.36 bits per heavy atom. The molecule has 0 aliphatic rings. The third-order valence-electron chi connectivity index (χ3n) is 3.47. The first kappa shape index (κ1) is 14.7. The summed E-state index contributed by atoms with van der Waals surface area (Å²) in [6, 6.07) is 7.00. The topological polar surface area (TPSA) is 61.8 Å². The average molecular weight is 335 g/mol. The van der Waals surface area contributed by atoms with Crippen LogP contribution in [-0.2, 0) is 14.1 Å². The van der Waals surface area contributed by atoms with Crippen LogP contribution in [0.25, 0.3) is 16.7 Å². The van der Waals surface area contributed by atoms with E-state index in [1.807, 2.05) is 0 Å². The van der Waals surface area contributed by atoms with Crippen molar-refractivity contribution in [2.75, 3.05) is 0 Å². The van der Waals surface area contributed by atoms with E-state index in [4.69, 9.17) is 23.8 Å². The summed E-state index contributed by atoms with van der Waals surface area (Å²) in [6.45, 7) is 0. The van der Waals surface area contributed by atoms with Crippen molar-refractivity contribution >= 4 is 34.9 Å². The predicted molar refractivity (Wildman–Crippen MR) is 87.4 cm³/mol. The third-order valence-corrected chi connectivity index (χ3v) is 4.12. The van der Waals surface area contributed by atoms with Gasteiger partial charge in [0.2, 0.25) is 0 Å². The summed E-state index contributed by atoms with van der Waals surface area (Å²) in [5.74, 6) is 0. The van der Waals surface area contributed by atoms with Crippen molar-refractivity contribution in [2.24, 2.45) is 14.1 Å². The highest BCUT2D eigenvalue weighted by atomic mass is 35.5. The molecule has 112 valence electrons. The molecule has 22 heavy (non-hydrogen) atoms. The normalized spacial score (nSPS) is 11.0. The number of hydrogen-bond donors (Lipinski definition) is 0. The number of hydrogen-bond acceptors (Lipinski definition) is 4. The summed E-state index contributed by atoms with van der Waals surface area (Å²) < 4.78 is 4.23. The molecular weight excluding hydrogens is 324 g/mol. The van der Waals surface area contributed by atoms with E-state index < -0.39 is 11.2 Å². The van der Waals surface area contributed by atoms with Crippen molar-refractivity contribution < 1.29 is 0 Å². The molecule has 6 nitrogen and oxygen atoms in total. The van der Waals surface area contributed by atoms with Gasteiger partial charge in [-0.2, -0.15) is 0 Å². The second kappa shape index (κ2) is 5.19. The van der Waals surface area contributed by atoms with Crippen LogP contribution in [0.3, 0.4) is 0 Å². The molecular formula is C14H11ClN4O2S. The Balaban J connectivity index is 2.45. The Morgan fingerprint density at radius 2 is 1.73 bits per heavy atom. The molecule has 0 aliphatic carbocycles. The molecule has 3 rings (SSSR count). The molecule has 3 aromatic rings. The van der Waals surface area contributed by atoms with Crippen molar-refractivity contribution in [3.63, 3.8) is 0 Å². The van der Waals surface area contributed by atoms with Crippen molar-refractivity contribution in [3.05, 3.63) is 61.1 Å². The third kappa shape index (κ3) is 2.10. The first-order valence-corrected chi connectivity index (χ1v) is 7.14. The first-order chi connectivity index (χ1) is 10.4. The van der Waals surface area contributed by atoms with Gasteiger partial charge in [-0.15, -0.1) is 0 Å². The van der Waals surface area contributed by atoms with E-state index in [9.17, 15) is 9.59 Å². The summed E-state index contributed by atoms with van der Waals surface area (Å²) in [5.41, 5.74) is 0.102. The second-order valence-electron chi connectivity index (χ2n) is 4.80. The molecule has 0 spiro atoms. The van der Waals surface area contributed by atoms with E-state index in [1.54, 1.807) is 35.9 Å². The Labute approximate surface area is 134 Å². The fourth-order valence-corrected chi connectivity index (χ4v) is 2.70. The quantitative estimate of drug-likeness (QED) is 0.637. The van der Waals surface area contributed by atoms with Crippen LogP contribution in [0.1, 0.15) is 0 Å². The fraction of sp³-hybridized carbons (Fsp3) is 0.143. The molecule has 0 radical (unpaired) electrons. The van der Waals surface area contributed by atoms with Crippen LogP contribution in [0, 0.1) is 4.64 Å². The average Bonchev–Trinajstić information content (AvgIpc) is 2.51. The summed E-state index contributed by atoms with van der Waals surface area (Å²) in [7, 11) is 2.97. The van der Waals surface area contributed by atoms with Gasteiger partial charge >= 0.3 is 5.69 Å². The maximum absolute atomic E-state index is 12.4. The highest BCUT2D eigenvalue weighted by Gasteiger charge is 2.13. The van der Waals surface area contributed by atoms with Crippen LogP contribution in [0.5, 0.6) is 0 Å². The van der Waals surface area contributed by atoms with Crippen molar-refractivity contribution in [3.8, 4) is 5.69 Å². The Bertz CT molecular complexity index is 1060. The number of nitrogens with zero attached hydrogens (tertiary/aromatic N) is 4. The van der Waals surface area contributed by atoms with Gasteiger partial charge in [0.25, 0.3) is 5.56 Å². The minimum atomic E-state index is -0.459. The lowest BCUT2D eigenvalue weighted by molar-refractivity contribution is 0.703. The largest absolute Gasteiger partial charge is 0.332 e. The van der Waals surface area contributed by atoms with Gasteiger partial charge in [0, 0.05) is 24.8 Å². The van der Waals surface area contributed by atoms with Crippen LogP contribution < -0.4 is 11.2 Å². The molecule has 0 amide bonds. The van der Waals surface area contributed by atoms with Gasteiger partial charge in [0.15, 0.2) is 5.65 Å².